The van der Waals surface area contributed by atoms with Crippen LogP contribution in [0, 0.1) is 0 Å². The fourth-order valence-corrected chi connectivity index (χ4v) is 3.44. The smallest absolute Gasteiger partial charge is 0.269 e. The minimum absolute atomic E-state index is 0.000816. The summed E-state index contributed by atoms with van der Waals surface area (Å²) in [6.45, 7) is 5.89. The number of hydrogen-bond donors (Lipinski definition) is 0. The van der Waals surface area contributed by atoms with Crippen LogP contribution in [-0.2, 0) is 0 Å². The summed E-state index contributed by atoms with van der Waals surface area (Å²) in [6, 6.07) is 16.4. The Morgan fingerprint density at radius 3 is 2.30 bits per heavy atom. The molecule has 2 heterocycles. The van der Waals surface area contributed by atoms with E-state index in [1.165, 1.54) is 0 Å². The zero-order valence-electron chi connectivity index (χ0n) is 15.5. The fourth-order valence-electron chi connectivity index (χ4n) is 3.44. The third-order valence-electron chi connectivity index (χ3n) is 4.86. The molecule has 0 bridgehead atoms. The van der Waals surface area contributed by atoms with Crippen molar-refractivity contribution < 1.29 is 4.42 Å². The molecule has 0 aliphatic rings. The topological polar surface area (TPSA) is 65.1 Å². The van der Waals surface area contributed by atoms with Crippen LogP contribution in [0.25, 0.3) is 22.1 Å². The van der Waals surface area contributed by atoms with Crippen molar-refractivity contribution in [2.45, 2.75) is 32.7 Å². The van der Waals surface area contributed by atoms with Crippen molar-refractivity contribution in [1.29, 1.82) is 0 Å². The summed E-state index contributed by atoms with van der Waals surface area (Å²) in [5.74, 6) is 0.590. The van der Waals surface area contributed by atoms with E-state index in [9.17, 15) is 9.59 Å². The van der Waals surface area contributed by atoms with Gasteiger partial charge in [-0.15, -0.1) is 0 Å². The summed E-state index contributed by atoms with van der Waals surface area (Å²) in [5.41, 5.74) is 0.815. The maximum absolute atomic E-state index is 13.4. The van der Waals surface area contributed by atoms with Gasteiger partial charge in [-0.2, -0.15) is 4.98 Å². The van der Waals surface area contributed by atoms with Gasteiger partial charge in [0, 0.05) is 5.92 Å². The molecule has 27 heavy (non-hydrogen) atoms. The maximum atomic E-state index is 13.4. The molecule has 4 rings (SSSR count). The Bertz CT molecular complexity index is 1250. The second-order valence-electron chi connectivity index (χ2n) is 6.99. The second-order valence-corrected chi connectivity index (χ2v) is 6.99. The van der Waals surface area contributed by atoms with Crippen molar-refractivity contribution >= 4 is 22.1 Å². The van der Waals surface area contributed by atoms with Crippen molar-refractivity contribution in [3.63, 3.8) is 0 Å². The van der Waals surface area contributed by atoms with E-state index in [2.05, 4.69) is 4.98 Å². The second kappa shape index (κ2) is 6.50. The first kappa shape index (κ1) is 17.2. The van der Waals surface area contributed by atoms with E-state index in [-0.39, 0.29) is 34.0 Å². The third-order valence-corrected chi connectivity index (χ3v) is 4.86. The van der Waals surface area contributed by atoms with E-state index in [1.54, 1.807) is 28.8 Å². The number of hydrogen-bond acceptors (Lipinski definition) is 4. The number of fused-ring (bicyclic) bond motifs is 2. The molecule has 0 N–H and O–H groups in total. The van der Waals surface area contributed by atoms with Crippen molar-refractivity contribution in [2.24, 2.45) is 0 Å². The molecule has 0 unspecified atom stereocenters. The van der Waals surface area contributed by atoms with Gasteiger partial charge in [0.15, 0.2) is 5.39 Å². The fraction of sp³-hybridized carbons (Fsp3) is 0.227. The van der Waals surface area contributed by atoms with Gasteiger partial charge in [0.2, 0.25) is 11.1 Å². The Morgan fingerprint density at radius 1 is 0.926 bits per heavy atom. The van der Waals surface area contributed by atoms with Gasteiger partial charge in [0.25, 0.3) is 5.56 Å². The Hall–Kier alpha value is -3.21. The van der Waals surface area contributed by atoms with E-state index < -0.39 is 0 Å². The molecule has 0 aliphatic carbocycles. The van der Waals surface area contributed by atoms with Crippen LogP contribution in [-0.4, -0.2) is 9.55 Å². The highest BCUT2D eigenvalue weighted by atomic mass is 16.3. The van der Waals surface area contributed by atoms with Crippen LogP contribution in [0.3, 0.4) is 0 Å². The number of nitrogens with zero attached hydrogens (tertiary/aromatic N) is 2. The minimum atomic E-state index is -0.362. The first-order valence-corrected chi connectivity index (χ1v) is 9.02. The highest BCUT2D eigenvalue weighted by Gasteiger charge is 2.22. The van der Waals surface area contributed by atoms with Crippen LogP contribution in [0.5, 0.6) is 0 Å². The normalized spacial score (nSPS) is 12.7. The minimum Gasteiger partial charge on any atom is -0.437 e. The molecular formula is C22H20N2O3. The summed E-state index contributed by atoms with van der Waals surface area (Å²) in [5, 5.41) is 0.390. The zero-order chi connectivity index (χ0) is 19.1. The predicted molar refractivity (Wildman–Crippen MR) is 106 cm³/mol. The lowest BCUT2D eigenvalue weighted by Crippen LogP contribution is -2.32. The van der Waals surface area contributed by atoms with Gasteiger partial charge in [-0.05, 0) is 24.6 Å². The number of rotatable bonds is 3. The van der Waals surface area contributed by atoms with E-state index in [0.29, 0.717) is 16.8 Å². The molecule has 0 spiro atoms. The van der Waals surface area contributed by atoms with Crippen molar-refractivity contribution in [3.05, 3.63) is 86.6 Å². The summed E-state index contributed by atoms with van der Waals surface area (Å²) < 4.78 is 7.43. The van der Waals surface area contributed by atoms with Gasteiger partial charge >= 0.3 is 0 Å². The van der Waals surface area contributed by atoms with Gasteiger partial charge in [0.1, 0.15) is 11.4 Å². The summed E-state index contributed by atoms with van der Waals surface area (Å²) in [6.07, 6.45) is 0. The Balaban J connectivity index is 2.12. The zero-order valence-corrected chi connectivity index (χ0v) is 15.5. The van der Waals surface area contributed by atoms with E-state index in [4.69, 9.17) is 4.42 Å². The Kier molecular flexibility index (Phi) is 4.15. The summed E-state index contributed by atoms with van der Waals surface area (Å²) in [4.78, 5) is 31.0. The van der Waals surface area contributed by atoms with Crippen molar-refractivity contribution in [3.8, 4) is 0 Å². The van der Waals surface area contributed by atoms with Crippen molar-refractivity contribution in [1.82, 2.24) is 9.55 Å². The maximum Gasteiger partial charge on any atom is 0.269 e. The highest BCUT2D eigenvalue weighted by Crippen LogP contribution is 2.23. The molecule has 0 radical (unpaired) electrons. The first-order valence-electron chi connectivity index (χ1n) is 9.02. The van der Waals surface area contributed by atoms with Gasteiger partial charge in [-0.1, -0.05) is 56.3 Å². The van der Waals surface area contributed by atoms with Crippen molar-refractivity contribution in [2.75, 3.05) is 0 Å². The van der Waals surface area contributed by atoms with E-state index in [0.717, 1.165) is 5.56 Å². The quantitative estimate of drug-likeness (QED) is 0.513. The summed E-state index contributed by atoms with van der Waals surface area (Å²) >= 11 is 0. The van der Waals surface area contributed by atoms with Crippen LogP contribution < -0.4 is 11.0 Å². The van der Waals surface area contributed by atoms with E-state index >= 15 is 0 Å². The SMILES string of the molecule is CC(C)c1nc2oc3ccccc3c(=O)c2c(=O)n1[C@@H](C)c1ccccc1. The lowest BCUT2D eigenvalue weighted by Gasteiger charge is -2.21. The van der Waals surface area contributed by atoms with E-state index in [1.807, 2.05) is 51.1 Å². The van der Waals surface area contributed by atoms with Gasteiger partial charge in [0.05, 0.1) is 11.4 Å². The van der Waals surface area contributed by atoms with Crippen LogP contribution in [0.15, 0.2) is 68.6 Å². The average Bonchev–Trinajstić information content (AvgIpc) is 2.68. The number of para-hydroxylation sites is 1. The number of benzene rings is 2. The van der Waals surface area contributed by atoms with Crippen LogP contribution in [0.2, 0.25) is 0 Å². The number of aromatic nitrogens is 2. The highest BCUT2D eigenvalue weighted by molar-refractivity contribution is 5.87. The van der Waals surface area contributed by atoms with Crippen LogP contribution in [0.4, 0.5) is 0 Å². The standard InChI is InChI=1S/C22H20N2O3/c1-13(2)20-23-21-18(19(25)16-11-7-8-12-17(16)27-21)22(26)24(20)14(3)15-9-5-4-6-10-15/h4-14H,1-3H3/t14-/m0/s1. The molecule has 2 aromatic carbocycles. The molecule has 4 aromatic rings. The lowest BCUT2D eigenvalue weighted by molar-refractivity contribution is 0.536. The molecule has 0 saturated carbocycles. The Morgan fingerprint density at radius 2 is 1.59 bits per heavy atom. The van der Waals surface area contributed by atoms with Crippen LogP contribution in [0.1, 0.15) is 44.1 Å². The van der Waals surface area contributed by atoms with Gasteiger partial charge in [-0.25, -0.2) is 0 Å². The predicted octanol–water partition coefficient (Wildman–Crippen LogP) is 4.24. The van der Waals surface area contributed by atoms with Crippen LogP contribution >= 0.6 is 0 Å². The summed E-state index contributed by atoms with van der Waals surface area (Å²) in [7, 11) is 0. The molecule has 2 aromatic heterocycles. The molecule has 0 aliphatic heterocycles. The molecule has 0 amide bonds. The van der Waals surface area contributed by atoms with Gasteiger partial charge < -0.3 is 4.42 Å². The molecule has 0 saturated heterocycles. The molecular weight excluding hydrogens is 340 g/mol. The first-order chi connectivity index (χ1) is 13.0. The molecule has 5 heteroatoms. The largest absolute Gasteiger partial charge is 0.437 e. The lowest BCUT2D eigenvalue weighted by atomic mass is 10.1. The molecule has 5 nitrogen and oxygen atoms in total. The Labute approximate surface area is 155 Å². The van der Waals surface area contributed by atoms with Gasteiger partial charge in [-0.3, -0.25) is 14.2 Å². The molecule has 0 fully saturated rings. The molecule has 1 atom stereocenters. The third kappa shape index (κ3) is 2.76. The molecule has 136 valence electrons. The monoisotopic (exact) mass is 360 g/mol. The average molecular weight is 360 g/mol.